The Balaban J connectivity index is 1.12. The molecule has 0 spiro atoms. The summed E-state index contributed by atoms with van der Waals surface area (Å²) in [6.07, 6.45) is 0.766. The number of carbonyl (C=O) groups excluding carboxylic acids is 3. The Morgan fingerprint density at radius 3 is 2.44 bits per heavy atom. The molecule has 228 valence electrons. The SMILES string of the molecule is O=C(COc1ccccc1[C@H]1c2sc(=O)[nH]c2SC2C3CC(C4C(=O)N(c5ccc(Br)cc5)C(=O)C34)C21)Nc1ccc(F)cc1. The maximum absolute atomic E-state index is 14.0. The number of aromatic nitrogens is 1. The van der Waals surface area contributed by atoms with Crippen LogP contribution in [0.4, 0.5) is 15.8 Å². The summed E-state index contributed by atoms with van der Waals surface area (Å²) < 4.78 is 20.3. The van der Waals surface area contributed by atoms with E-state index in [1.807, 2.05) is 36.4 Å². The monoisotopic (exact) mass is 705 g/mol. The molecule has 0 radical (unpaired) electrons. The number of amides is 3. The zero-order chi connectivity index (χ0) is 31.0. The van der Waals surface area contributed by atoms with Gasteiger partial charge in [-0.1, -0.05) is 45.5 Å². The summed E-state index contributed by atoms with van der Waals surface area (Å²) in [6.45, 7) is -0.272. The quantitative estimate of drug-likeness (QED) is 0.237. The fourth-order valence-electron chi connectivity index (χ4n) is 7.95. The van der Waals surface area contributed by atoms with Crippen molar-refractivity contribution in [2.75, 3.05) is 16.8 Å². The summed E-state index contributed by atoms with van der Waals surface area (Å²) in [5.41, 5.74) is 1.87. The van der Waals surface area contributed by atoms with Crippen LogP contribution in [-0.2, 0) is 14.4 Å². The maximum atomic E-state index is 14.0. The fourth-order valence-corrected chi connectivity index (χ4v) is 11.1. The van der Waals surface area contributed by atoms with Gasteiger partial charge in [-0.05, 0) is 78.8 Å². The Morgan fingerprint density at radius 2 is 1.69 bits per heavy atom. The molecule has 3 aromatic carbocycles. The van der Waals surface area contributed by atoms with Crippen molar-refractivity contribution < 1.29 is 23.5 Å². The lowest BCUT2D eigenvalue weighted by Gasteiger charge is -2.43. The number of hydrogen-bond donors (Lipinski definition) is 2. The molecule has 4 aliphatic rings. The molecule has 1 saturated heterocycles. The number of anilines is 2. The van der Waals surface area contributed by atoms with E-state index in [9.17, 15) is 23.6 Å². The topological polar surface area (TPSA) is 109 Å². The molecule has 12 heteroatoms. The predicted octanol–water partition coefficient (Wildman–Crippen LogP) is 6.03. The number of halogens is 2. The van der Waals surface area contributed by atoms with Gasteiger partial charge in [0.2, 0.25) is 11.8 Å². The number of nitrogens with one attached hydrogen (secondary N) is 2. The van der Waals surface area contributed by atoms with Crippen LogP contribution >= 0.6 is 39.0 Å². The van der Waals surface area contributed by atoms with Gasteiger partial charge in [0.05, 0.1) is 22.5 Å². The van der Waals surface area contributed by atoms with Gasteiger partial charge in [-0.2, -0.15) is 0 Å². The van der Waals surface area contributed by atoms with Crippen LogP contribution in [0.3, 0.4) is 0 Å². The summed E-state index contributed by atoms with van der Waals surface area (Å²) in [4.78, 5) is 58.4. The molecule has 45 heavy (non-hydrogen) atoms. The van der Waals surface area contributed by atoms with Crippen LogP contribution in [0, 0.1) is 35.4 Å². The summed E-state index contributed by atoms with van der Waals surface area (Å²) in [7, 11) is 0. The number of H-pyrrole nitrogens is 1. The Bertz CT molecular complexity index is 1910. The smallest absolute Gasteiger partial charge is 0.305 e. The minimum atomic E-state index is -0.428. The van der Waals surface area contributed by atoms with Gasteiger partial charge in [0.15, 0.2) is 6.61 Å². The molecular formula is C33H25BrFN3O5S2. The number of thiazole rings is 1. The van der Waals surface area contributed by atoms with Crippen molar-refractivity contribution >= 4 is 68.1 Å². The van der Waals surface area contributed by atoms with Crippen molar-refractivity contribution in [3.8, 4) is 5.75 Å². The normalized spacial score (nSPS) is 27.7. The number of benzene rings is 3. The van der Waals surface area contributed by atoms with Crippen molar-refractivity contribution in [3.63, 3.8) is 0 Å². The highest BCUT2D eigenvalue weighted by Gasteiger charge is 2.69. The average Bonchev–Trinajstić information content (AvgIpc) is 3.77. The van der Waals surface area contributed by atoms with Crippen LogP contribution in [0.2, 0.25) is 0 Å². The van der Waals surface area contributed by atoms with Gasteiger partial charge in [-0.3, -0.25) is 24.1 Å². The molecule has 2 N–H and O–H groups in total. The molecule has 3 amide bonds. The molecule has 3 heterocycles. The lowest BCUT2D eigenvalue weighted by Crippen LogP contribution is -2.42. The molecule has 8 rings (SSSR count). The number of fused-ring (bicyclic) bond motifs is 9. The van der Waals surface area contributed by atoms with Gasteiger partial charge in [0.25, 0.3) is 5.91 Å². The first-order valence-electron chi connectivity index (χ1n) is 14.6. The van der Waals surface area contributed by atoms with Crippen molar-refractivity contribution in [2.24, 2.45) is 29.6 Å². The Hall–Kier alpha value is -3.74. The highest BCUT2D eigenvalue weighted by molar-refractivity contribution is 9.10. The van der Waals surface area contributed by atoms with E-state index in [4.69, 9.17) is 4.74 Å². The summed E-state index contributed by atoms with van der Waals surface area (Å²) in [6, 6.07) is 20.2. The summed E-state index contributed by atoms with van der Waals surface area (Å²) in [5, 5.41) is 3.54. The standard InChI is InChI=1S/C33H25BrFN3O5S2/c34-15-5-11-18(12-6-15)38-31(40)26-20-13-21(27(26)32(38)41)28-25(20)24(29-30(44-28)37-33(42)45-29)19-3-1-2-4-22(19)43-14-23(39)36-17-9-7-16(35)8-10-17/h1-12,20-21,24-28H,13-14H2,(H,36,39)(H,37,42)/t20?,21?,24-,25?,26?,27?,28?/m1/s1. The first-order chi connectivity index (χ1) is 21.8. The first kappa shape index (κ1) is 28.7. The van der Waals surface area contributed by atoms with Crippen LogP contribution in [0.5, 0.6) is 5.75 Å². The molecule has 2 aliphatic carbocycles. The van der Waals surface area contributed by atoms with Gasteiger partial charge in [-0.25, -0.2) is 4.39 Å². The minimum Gasteiger partial charge on any atom is -0.483 e. The number of aromatic amines is 1. The Labute approximate surface area is 273 Å². The van der Waals surface area contributed by atoms with Crippen molar-refractivity contribution in [3.05, 3.63) is 103 Å². The third-order valence-corrected chi connectivity index (χ3v) is 12.7. The van der Waals surface area contributed by atoms with Crippen LogP contribution < -0.4 is 19.8 Å². The van der Waals surface area contributed by atoms with E-state index in [0.717, 1.165) is 26.4 Å². The number of para-hydroxylation sites is 1. The number of nitrogens with zero attached hydrogens (tertiary/aromatic N) is 1. The van der Waals surface area contributed by atoms with E-state index in [1.165, 1.54) is 40.5 Å². The first-order valence-corrected chi connectivity index (χ1v) is 17.1. The number of hydrogen-bond acceptors (Lipinski definition) is 7. The highest BCUT2D eigenvalue weighted by Crippen LogP contribution is 2.69. The predicted molar refractivity (Wildman–Crippen MR) is 172 cm³/mol. The van der Waals surface area contributed by atoms with E-state index in [2.05, 4.69) is 26.2 Å². The molecule has 7 atom stereocenters. The minimum absolute atomic E-state index is 0.0134. The summed E-state index contributed by atoms with van der Waals surface area (Å²) in [5.74, 6) is -1.74. The lowest BCUT2D eigenvalue weighted by molar-refractivity contribution is -0.123. The van der Waals surface area contributed by atoms with E-state index in [0.29, 0.717) is 17.1 Å². The van der Waals surface area contributed by atoms with Crippen LogP contribution in [0.15, 0.2) is 87.1 Å². The fraction of sp³-hybridized carbons (Fsp3) is 0.273. The van der Waals surface area contributed by atoms with Crippen LogP contribution in [0.25, 0.3) is 0 Å². The molecule has 1 aromatic heterocycles. The van der Waals surface area contributed by atoms with E-state index in [1.54, 1.807) is 23.9 Å². The second-order valence-corrected chi connectivity index (χ2v) is 14.9. The zero-order valence-corrected chi connectivity index (χ0v) is 26.7. The van der Waals surface area contributed by atoms with Gasteiger partial charge < -0.3 is 15.0 Å². The molecular weight excluding hydrogens is 681 g/mol. The molecule has 6 unspecified atom stereocenters. The number of carbonyl (C=O) groups is 3. The highest BCUT2D eigenvalue weighted by atomic mass is 79.9. The molecule has 8 nitrogen and oxygen atoms in total. The third kappa shape index (κ3) is 4.68. The molecule has 3 fully saturated rings. The van der Waals surface area contributed by atoms with E-state index in [-0.39, 0.29) is 52.2 Å². The number of thioether (sulfide) groups is 1. The molecule has 2 aliphatic heterocycles. The summed E-state index contributed by atoms with van der Waals surface area (Å²) >= 11 is 6.22. The third-order valence-electron chi connectivity index (χ3n) is 9.55. The van der Waals surface area contributed by atoms with E-state index < -0.39 is 23.6 Å². The number of imide groups is 1. The van der Waals surface area contributed by atoms with Crippen molar-refractivity contribution in [2.45, 2.75) is 22.6 Å². The van der Waals surface area contributed by atoms with Gasteiger partial charge in [0, 0.05) is 31.8 Å². The van der Waals surface area contributed by atoms with Crippen LogP contribution in [0.1, 0.15) is 22.8 Å². The van der Waals surface area contributed by atoms with Gasteiger partial charge in [0.1, 0.15) is 11.6 Å². The largest absolute Gasteiger partial charge is 0.483 e. The molecule has 2 bridgehead atoms. The average molecular weight is 707 g/mol. The Morgan fingerprint density at radius 1 is 0.978 bits per heavy atom. The van der Waals surface area contributed by atoms with Crippen LogP contribution in [-0.4, -0.2) is 34.6 Å². The van der Waals surface area contributed by atoms with Crippen molar-refractivity contribution in [1.29, 1.82) is 0 Å². The van der Waals surface area contributed by atoms with Crippen molar-refractivity contribution in [1.82, 2.24) is 4.98 Å². The number of ether oxygens (including phenoxy) is 1. The van der Waals surface area contributed by atoms with E-state index >= 15 is 0 Å². The molecule has 2 saturated carbocycles. The molecule has 4 aromatic rings. The maximum Gasteiger partial charge on any atom is 0.305 e. The van der Waals surface area contributed by atoms with Gasteiger partial charge >= 0.3 is 4.87 Å². The van der Waals surface area contributed by atoms with Gasteiger partial charge in [-0.15, -0.1) is 11.8 Å². The Kier molecular flexibility index (Phi) is 6.99. The number of rotatable bonds is 6. The zero-order valence-electron chi connectivity index (χ0n) is 23.4. The lowest BCUT2D eigenvalue weighted by atomic mass is 9.68. The second-order valence-electron chi connectivity index (χ2n) is 11.8. The second kappa shape index (κ2) is 11.0.